The fourth-order valence-corrected chi connectivity index (χ4v) is 1.75. The summed E-state index contributed by atoms with van der Waals surface area (Å²) in [5.74, 6) is 0. The van der Waals surface area contributed by atoms with E-state index >= 15 is 0 Å². The van der Waals surface area contributed by atoms with Crippen molar-refractivity contribution in [2.75, 3.05) is 0 Å². The lowest BCUT2D eigenvalue weighted by Crippen LogP contribution is -2.08. The number of aromatic nitrogens is 1. The van der Waals surface area contributed by atoms with Crippen molar-refractivity contribution in [2.24, 2.45) is 0 Å². The molecule has 1 heterocycles. The Morgan fingerprint density at radius 2 is 1.81 bits per heavy atom. The molecule has 0 aliphatic heterocycles. The van der Waals surface area contributed by atoms with Gasteiger partial charge in [0.2, 0.25) is 5.56 Å². The minimum atomic E-state index is -4.50. The molecule has 6 heteroatoms. The van der Waals surface area contributed by atoms with Crippen molar-refractivity contribution in [2.45, 2.75) is 6.18 Å². The summed E-state index contributed by atoms with van der Waals surface area (Å²) >= 11 is 5.64. The fourth-order valence-electron chi connectivity index (χ4n) is 1.42. The number of pyridine rings is 1. The lowest BCUT2D eigenvalue weighted by atomic mass is 10.1. The maximum atomic E-state index is 12.5. The van der Waals surface area contributed by atoms with Crippen molar-refractivity contribution in [1.82, 2.24) is 4.98 Å². The third-order valence-corrected chi connectivity index (χ3v) is 2.55. The SMILES string of the molecule is O=c1ccc2c(Cl)c(C(F)(F)F)ccc2[nH]1. The largest absolute Gasteiger partial charge is 0.417 e. The number of aromatic amines is 1. The Morgan fingerprint density at radius 1 is 1.12 bits per heavy atom. The first-order chi connectivity index (χ1) is 7.39. The van der Waals surface area contributed by atoms with Gasteiger partial charge in [-0.2, -0.15) is 13.2 Å². The molecule has 1 aromatic carbocycles. The van der Waals surface area contributed by atoms with Gasteiger partial charge >= 0.3 is 6.18 Å². The molecular formula is C10H5ClF3NO. The monoisotopic (exact) mass is 247 g/mol. The third kappa shape index (κ3) is 1.78. The Balaban J connectivity index is 2.80. The van der Waals surface area contributed by atoms with Crippen LogP contribution in [0.2, 0.25) is 5.02 Å². The summed E-state index contributed by atoms with van der Waals surface area (Å²) in [5, 5.41) is -0.225. The van der Waals surface area contributed by atoms with Crippen LogP contribution < -0.4 is 5.56 Å². The van der Waals surface area contributed by atoms with E-state index in [9.17, 15) is 18.0 Å². The van der Waals surface area contributed by atoms with Gasteiger partial charge in [0.25, 0.3) is 0 Å². The minimum Gasteiger partial charge on any atom is -0.322 e. The van der Waals surface area contributed by atoms with Crippen molar-refractivity contribution in [3.05, 3.63) is 45.2 Å². The van der Waals surface area contributed by atoms with Gasteiger partial charge in [-0.25, -0.2) is 0 Å². The average molecular weight is 248 g/mol. The van der Waals surface area contributed by atoms with Gasteiger partial charge in [0, 0.05) is 17.0 Å². The van der Waals surface area contributed by atoms with E-state index in [1.165, 1.54) is 12.1 Å². The minimum absolute atomic E-state index is 0.177. The van der Waals surface area contributed by atoms with E-state index in [0.29, 0.717) is 0 Å². The third-order valence-electron chi connectivity index (χ3n) is 2.14. The van der Waals surface area contributed by atoms with Crippen LogP contribution in [0.4, 0.5) is 13.2 Å². The molecule has 0 aliphatic carbocycles. The molecule has 0 atom stereocenters. The zero-order valence-corrected chi connectivity index (χ0v) is 8.49. The second-order valence-corrected chi connectivity index (χ2v) is 3.59. The van der Waals surface area contributed by atoms with Gasteiger partial charge in [0.05, 0.1) is 10.6 Å². The molecule has 0 aliphatic rings. The number of hydrogen-bond acceptors (Lipinski definition) is 1. The van der Waals surface area contributed by atoms with Gasteiger partial charge in [-0.15, -0.1) is 0 Å². The van der Waals surface area contributed by atoms with Gasteiger partial charge in [0.1, 0.15) is 0 Å². The Morgan fingerprint density at radius 3 is 2.44 bits per heavy atom. The Kier molecular flexibility index (Phi) is 2.42. The number of nitrogens with one attached hydrogen (secondary N) is 1. The second kappa shape index (κ2) is 3.52. The molecule has 2 nitrogen and oxygen atoms in total. The van der Waals surface area contributed by atoms with Crippen LogP contribution in [0.5, 0.6) is 0 Å². The zero-order chi connectivity index (χ0) is 11.9. The van der Waals surface area contributed by atoms with E-state index in [1.807, 2.05) is 0 Å². The van der Waals surface area contributed by atoms with Crippen molar-refractivity contribution < 1.29 is 13.2 Å². The van der Waals surface area contributed by atoms with Crippen LogP contribution in [-0.2, 0) is 6.18 Å². The molecule has 0 saturated carbocycles. The topological polar surface area (TPSA) is 32.9 Å². The van der Waals surface area contributed by atoms with E-state index in [1.54, 1.807) is 0 Å². The highest BCUT2D eigenvalue weighted by atomic mass is 35.5. The summed E-state index contributed by atoms with van der Waals surface area (Å²) in [5.41, 5.74) is -1.01. The lowest BCUT2D eigenvalue weighted by Gasteiger charge is -2.10. The first kappa shape index (κ1) is 11.0. The summed E-state index contributed by atoms with van der Waals surface area (Å²) in [7, 11) is 0. The van der Waals surface area contributed by atoms with Crippen molar-refractivity contribution in [3.8, 4) is 0 Å². The highest BCUT2D eigenvalue weighted by Gasteiger charge is 2.33. The number of benzene rings is 1. The smallest absolute Gasteiger partial charge is 0.322 e. The molecule has 0 amide bonds. The van der Waals surface area contributed by atoms with E-state index in [2.05, 4.69) is 4.98 Å². The molecule has 1 N–H and O–H groups in total. The predicted octanol–water partition coefficient (Wildman–Crippen LogP) is 3.20. The average Bonchev–Trinajstić information content (AvgIpc) is 2.15. The Hall–Kier alpha value is -1.49. The van der Waals surface area contributed by atoms with Crippen LogP contribution >= 0.6 is 11.6 Å². The molecular weight excluding hydrogens is 243 g/mol. The number of hydrogen-bond donors (Lipinski definition) is 1. The predicted molar refractivity (Wildman–Crippen MR) is 54.6 cm³/mol. The summed E-state index contributed by atoms with van der Waals surface area (Å²) in [6.07, 6.45) is -4.50. The molecule has 16 heavy (non-hydrogen) atoms. The normalized spacial score (nSPS) is 12.0. The number of H-pyrrole nitrogens is 1. The molecule has 0 bridgehead atoms. The number of alkyl halides is 3. The second-order valence-electron chi connectivity index (χ2n) is 3.21. The van der Waals surface area contributed by atoms with Gasteiger partial charge in [-0.05, 0) is 18.2 Å². The van der Waals surface area contributed by atoms with Gasteiger partial charge < -0.3 is 4.98 Å². The molecule has 0 spiro atoms. The summed E-state index contributed by atoms with van der Waals surface area (Å²) < 4.78 is 37.5. The molecule has 0 fully saturated rings. The van der Waals surface area contributed by atoms with E-state index in [-0.39, 0.29) is 16.5 Å². The van der Waals surface area contributed by atoms with Crippen molar-refractivity contribution in [1.29, 1.82) is 0 Å². The number of rotatable bonds is 0. The first-order valence-electron chi connectivity index (χ1n) is 4.28. The summed E-state index contributed by atoms with van der Waals surface area (Å²) in [4.78, 5) is 13.4. The van der Waals surface area contributed by atoms with Crippen LogP contribution in [0.25, 0.3) is 10.9 Å². The van der Waals surface area contributed by atoms with E-state index in [4.69, 9.17) is 11.6 Å². The Bertz CT molecular complexity index is 603. The summed E-state index contributed by atoms with van der Waals surface area (Å²) in [6.45, 7) is 0. The molecule has 2 rings (SSSR count). The quantitative estimate of drug-likeness (QED) is 0.762. The highest BCUT2D eigenvalue weighted by molar-refractivity contribution is 6.36. The zero-order valence-electron chi connectivity index (χ0n) is 7.73. The van der Waals surface area contributed by atoms with E-state index < -0.39 is 16.8 Å². The van der Waals surface area contributed by atoms with Gasteiger partial charge in [0.15, 0.2) is 0 Å². The molecule has 84 valence electrons. The molecule has 1 aromatic heterocycles. The van der Waals surface area contributed by atoms with E-state index in [0.717, 1.165) is 12.1 Å². The van der Waals surface area contributed by atoms with Crippen molar-refractivity contribution in [3.63, 3.8) is 0 Å². The van der Waals surface area contributed by atoms with Crippen LogP contribution in [0.1, 0.15) is 5.56 Å². The number of halogens is 4. The van der Waals surface area contributed by atoms with Crippen LogP contribution in [0.15, 0.2) is 29.1 Å². The molecule has 2 aromatic rings. The van der Waals surface area contributed by atoms with Gasteiger partial charge in [-0.1, -0.05) is 11.6 Å². The highest BCUT2D eigenvalue weighted by Crippen LogP contribution is 2.37. The fraction of sp³-hybridized carbons (Fsp3) is 0.100. The molecule has 0 unspecified atom stereocenters. The maximum absolute atomic E-state index is 12.5. The van der Waals surface area contributed by atoms with Crippen LogP contribution in [0.3, 0.4) is 0 Å². The maximum Gasteiger partial charge on any atom is 0.417 e. The van der Waals surface area contributed by atoms with Crippen LogP contribution in [-0.4, -0.2) is 4.98 Å². The van der Waals surface area contributed by atoms with Gasteiger partial charge in [-0.3, -0.25) is 4.79 Å². The first-order valence-corrected chi connectivity index (χ1v) is 4.66. The Labute approximate surface area is 92.7 Å². The van der Waals surface area contributed by atoms with Crippen molar-refractivity contribution >= 4 is 22.5 Å². The lowest BCUT2D eigenvalue weighted by molar-refractivity contribution is -0.137. The molecule has 0 saturated heterocycles. The standard InChI is InChI=1S/C10H5ClF3NO/c11-9-5-1-4-8(16)15-7(5)3-2-6(9)10(12,13)14/h1-4H,(H,15,16). The summed E-state index contributed by atoms with van der Waals surface area (Å²) in [6, 6.07) is 4.44. The molecule has 0 radical (unpaired) electrons. The van der Waals surface area contributed by atoms with Crippen LogP contribution in [0, 0.1) is 0 Å². The number of fused-ring (bicyclic) bond motifs is 1.